The Labute approximate surface area is 327 Å². The van der Waals surface area contributed by atoms with E-state index in [0.29, 0.717) is 25.0 Å². The van der Waals surface area contributed by atoms with Crippen LogP contribution in [0, 0.1) is 6.92 Å². The topological polar surface area (TPSA) is 75.0 Å². The third-order valence-electron chi connectivity index (χ3n) is 8.78. The van der Waals surface area contributed by atoms with E-state index in [-0.39, 0.29) is 5.91 Å². The van der Waals surface area contributed by atoms with Crippen molar-refractivity contribution in [3.05, 3.63) is 181 Å². The number of hydrogen-bond acceptors (Lipinski definition) is 8. The average Bonchev–Trinajstić information content (AvgIpc) is 3.64. The molecule has 1 fully saturated rings. The summed E-state index contributed by atoms with van der Waals surface area (Å²) in [6.45, 7) is 5.76. The van der Waals surface area contributed by atoms with E-state index in [4.69, 9.17) is 17.1 Å². The van der Waals surface area contributed by atoms with Gasteiger partial charge < -0.3 is 14.8 Å². The fourth-order valence-corrected chi connectivity index (χ4v) is 8.66. The molecule has 1 N–H and O–H groups in total. The molecule has 0 aliphatic carbocycles. The number of hydrogen-bond donors (Lipinski definition) is 1. The molecule has 2 heterocycles. The zero-order valence-electron chi connectivity index (χ0n) is 29.9. The van der Waals surface area contributed by atoms with Crippen molar-refractivity contribution in [2.75, 3.05) is 11.4 Å². The predicted molar refractivity (Wildman–Crippen MR) is 226 cm³/mol. The summed E-state index contributed by atoms with van der Waals surface area (Å²) in [6.07, 6.45) is 2.72. The first-order chi connectivity index (χ1) is 26.2. The van der Waals surface area contributed by atoms with Crippen LogP contribution in [0.25, 0.3) is 22.6 Å². The number of benzene rings is 5. The SMILES string of the molecule is CCN1C(=O)/C(=c2\s/c(=C\c3ccc(N(c4ccccc4)c4ccc(C=C(c5ccccc5)c5ccc(C)cc5)cc4)cc3)c(=O)n2OC(C)O)SC1=S. The van der Waals surface area contributed by atoms with Gasteiger partial charge in [0.25, 0.3) is 5.91 Å². The van der Waals surface area contributed by atoms with Gasteiger partial charge in [0.1, 0.15) is 9.23 Å². The number of aliphatic hydroxyl groups excluding tert-OH is 1. The zero-order chi connectivity index (χ0) is 37.8. The molecule has 1 atom stereocenters. The Balaban J connectivity index is 1.24. The maximum absolute atomic E-state index is 13.6. The first kappa shape index (κ1) is 36.8. The van der Waals surface area contributed by atoms with Gasteiger partial charge in [-0.2, -0.15) is 0 Å². The van der Waals surface area contributed by atoms with Crippen LogP contribution in [0.4, 0.5) is 17.1 Å². The number of aromatic nitrogens is 1. The lowest BCUT2D eigenvalue weighted by Gasteiger charge is -2.25. The molecule has 10 heteroatoms. The van der Waals surface area contributed by atoms with Crippen molar-refractivity contribution in [1.82, 2.24) is 9.63 Å². The molecular weight excluding hydrogens is 731 g/mol. The summed E-state index contributed by atoms with van der Waals surface area (Å²) in [5, 5.41) is 10.0. The number of rotatable bonds is 10. The summed E-state index contributed by atoms with van der Waals surface area (Å²) < 4.78 is 2.05. The highest BCUT2D eigenvalue weighted by Crippen LogP contribution is 2.36. The summed E-state index contributed by atoms with van der Waals surface area (Å²) in [6, 6.07) is 45.7. The van der Waals surface area contributed by atoms with Crippen molar-refractivity contribution in [2.45, 2.75) is 27.1 Å². The van der Waals surface area contributed by atoms with Gasteiger partial charge in [-0.15, -0.1) is 16.1 Å². The fourth-order valence-electron chi connectivity index (χ4n) is 6.12. The van der Waals surface area contributed by atoms with E-state index in [0.717, 1.165) is 72.7 Å². The van der Waals surface area contributed by atoms with E-state index in [9.17, 15) is 14.7 Å². The molecule has 54 heavy (non-hydrogen) atoms. The molecular formula is C44H37N3O4S3. The van der Waals surface area contributed by atoms with Gasteiger partial charge in [-0.05, 0) is 90.2 Å². The molecule has 0 saturated carbocycles. The van der Waals surface area contributed by atoms with Crippen molar-refractivity contribution in [3.8, 4) is 0 Å². The van der Waals surface area contributed by atoms with E-state index in [1.54, 1.807) is 6.08 Å². The molecule has 1 aliphatic heterocycles. The Morgan fingerprint density at radius 2 is 1.35 bits per heavy atom. The van der Waals surface area contributed by atoms with Crippen molar-refractivity contribution >= 4 is 85.2 Å². The molecule has 7 nitrogen and oxygen atoms in total. The molecule has 0 bridgehead atoms. The number of nitrogens with zero attached hydrogens (tertiary/aromatic N) is 3. The second-order valence-electron chi connectivity index (χ2n) is 12.6. The monoisotopic (exact) mass is 767 g/mol. The summed E-state index contributed by atoms with van der Waals surface area (Å²) >= 11 is 7.64. The highest BCUT2D eigenvalue weighted by molar-refractivity contribution is 8.30. The number of aryl methyl sites for hydroxylation is 1. The van der Waals surface area contributed by atoms with E-state index in [1.807, 2.05) is 55.5 Å². The van der Waals surface area contributed by atoms with Crippen LogP contribution < -0.4 is 24.5 Å². The summed E-state index contributed by atoms with van der Waals surface area (Å²) in [5.74, 6) is -0.291. The van der Waals surface area contributed by atoms with Gasteiger partial charge in [0.2, 0.25) is 6.29 Å². The van der Waals surface area contributed by atoms with Gasteiger partial charge >= 0.3 is 5.56 Å². The van der Waals surface area contributed by atoms with Gasteiger partial charge in [-0.3, -0.25) is 14.5 Å². The maximum atomic E-state index is 13.6. The highest BCUT2D eigenvalue weighted by Gasteiger charge is 2.33. The van der Waals surface area contributed by atoms with Crippen LogP contribution in [-0.4, -0.2) is 37.8 Å². The van der Waals surface area contributed by atoms with E-state index in [1.165, 1.54) is 17.4 Å². The Morgan fingerprint density at radius 1 is 0.796 bits per heavy atom. The first-order valence-corrected chi connectivity index (χ1v) is 19.5. The van der Waals surface area contributed by atoms with E-state index in [2.05, 4.69) is 103 Å². The second kappa shape index (κ2) is 16.2. The molecule has 0 spiro atoms. The number of carbonyl (C=O) groups is 1. The predicted octanol–water partition coefficient (Wildman–Crippen LogP) is 7.86. The van der Waals surface area contributed by atoms with Gasteiger partial charge in [0.05, 0.1) is 4.53 Å². The molecule has 1 unspecified atom stereocenters. The molecule has 1 amide bonds. The number of thiocarbonyl (C=S) groups is 1. The molecule has 270 valence electrons. The van der Waals surface area contributed by atoms with Crippen molar-refractivity contribution < 1.29 is 14.7 Å². The number of thioether (sulfide) groups is 1. The van der Waals surface area contributed by atoms with Gasteiger partial charge in [-0.1, -0.05) is 127 Å². The molecule has 0 radical (unpaired) electrons. The molecule has 5 aromatic carbocycles. The summed E-state index contributed by atoms with van der Waals surface area (Å²) in [4.78, 5) is 36.1. The standard InChI is InChI=1S/C44H37N3O4S3/c1-4-45-42(50)40(54-44(45)52)43-47(51-30(3)48)41(49)39(53-43)28-32-19-25-37(26-20-32)46(35-13-9-6-10-14-35)36-23-17-31(18-24-36)27-38(33-11-7-5-8-12-33)34-21-15-29(2)16-22-34/h5-28,30,48H,4H2,1-3H3/b38-27?,39-28-,43-40+. The highest BCUT2D eigenvalue weighted by atomic mass is 32.2. The minimum atomic E-state index is -1.27. The lowest BCUT2D eigenvalue weighted by molar-refractivity contribution is -0.120. The first-order valence-electron chi connectivity index (χ1n) is 17.5. The molecule has 1 saturated heterocycles. The molecule has 1 aliphatic rings. The zero-order valence-corrected chi connectivity index (χ0v) is 32.3. The maximum Gasteiger partial charge on any atom is 0.301 e. The third kappa shape index (κ3) is 7.88. The minimum absolute atomic E-state index is 0.291. The van der Waals surface area contributed by atoms with E-state index >= 15 is 0 Å². The Morgan fingerprint density at radius 3 is 1.93 bits per heavy atom. The molecule has 7 rings (SSSR count). The van der Waals surface area contributed by atoms with Crippen LogP contribution in [-0.2, 0) is 4.79 Å². The van der Waals surface area contributed by atoms with Crippen molar-refractivity contribution in [1.29, 1.82) is 0 Å². The average molecular weight is 768 g/mol. The van der Waals surface area contributed by atoms with Crippen LogP contribution >= 0.6 is 35.3 Å². The summed E-state index contributed by atoms with van der Waals surface area (Å²) in [5.41, 5.74) is 8.99. The van der Waals surface area contributed by atoms with Crippen molar-refractivity contribution in [2.24, 2.45) is 0 Å². The molecule has 6 aromatic rings. The number of carbonyl (C=O) groups excluding carboxylic acids is 1. The Hall–Kier alpha value is -5.52. The normalized spacial score (nSPS) is 15.1. The number of thiazole rings is 1. The van der Waals surface area contributed by atoms with Crippen LogP contribution in [0.2, 0.25) is 0 Å². The lowest BCUT2D eigenvalue weighted by atomic mass is 9.95. The third-order valence-corrected chi connectivity index (χ3v) is 11.4. The Bertz CT molecular complexity index is 2510. The second-order valence-corrected chi connectivity index (χ2v) is 15.3. The summed E-state index contributed by atoms with van der Waals surface area (Å²) in [7, 11) is 0. The minimum Gasteiger partial charge on any atom is -0.378 e. The van der Waals surface area contributed by atoms with Gasteiger partial charge in [0, 0.05) is 30.5 Å². The number of amides is 1. The van der Waals surface area contributed by atoms with Crippen molar-refractivity contribution in [3.63, 3.8) is 0 Å². The fraction of sp³-hybridized carbons (Fsp3) is 0.114. The number of aliphatic hydroxyl groups is 1. The van der Waals surface area contributed by atoms with Crippen LogP contribution in [0.3, 0.4) is 0 Å². The van der Waals surface area contributed by atoms with Crippen LogP contribution in [0.15, 0.2) is 138 Å². The lowest BCUT2D eigenvalue weighted by Crippen LogP contribution is -2.41. The van der Waals surface area contributed by atoms with Crippen LogP contribution in [0.1, 0.15) is 41.7 Å². The van der Waals surface area contributed by atoms with E-state index < -0.39 is 11.8 Å². The van der Waals surface area contributed by atoms with Crippen LogP contribution in [0.5, 0.6) is 0 Å². The van der Waals surface area contributed by atoms with Gasteiger partial charge in [0.15, 0.2) is 4.66 Å². The Kier molecular flexibility index (Phi) is 11.1. The number of para-hydroxylation sites is 1. The largest absolute Gasteiger partial charge is 0.378 e. The molecule has 1 aromatic heterocycles. The van der Waals surface area contributed by atoms with Gasteiger partial charge in [-0.25, -0.2) is 0 Å². The smallest absolute Gasteiger partial charge is 0.301 e. The quantitative estimate of drug-likeness (QED) is 0.0865. The number of anilines is 3.